The lowest BCUT2D eigenvalue weighted by molar-refractivity contribution is -0.119. The van der Waals surface area contributed by atoms with E-state index in [0.717, 1.165) is 4.90 Å². The number of urea groups is 1. The highest BCUT2D eigenvalue weighted by molar-refractivity contribution is 6.47. The molecule has 1 aromatic rings. The van der Waals surface area contributed by atoms with Crippen LogP contribution < -0.4 is 5.32 Å². The number of nitrogens with one attached hydrogen (secondary N) is 1. The van der Waals surface area contributed by atoms with Gasteiger partial charge in [-0.1, -0.05) is 6.07 Å². The van der Waals surface area contributed by atoms with Crippen molar-refractivity contribution < 1.29 is 9.59 Å². The van der Waals surface area contributed by atoms with Crippen LogP contribution in [0, 0.1) is 0 Å². The van der Waals surface area contributed by atoms with Crippen LogP contribution in [-0.4, -0.2) is 34.7 Å². The molecule has 2 rings (SSSR count). The zero-order chi connectivity index (χ0) is 10.8. The standard InChI is InChI=1S/C9H8N4O2/c1-13-8(14)7(12-9(13)15)11-6-4-2-3-5-10-6/h2-5H,1H3,(H,10,11,12,15). The highest BCUT2D eigenvalue weighted by Crippen LogP contribution is 2.08. The molecule has 0 saturated carbocycles. The molecule has 1 aliphatic heterocycles. The van der Waals surface area contributed by atoms with Gasteiger partial charge in [-0.2, -0.15) is 0 Å². The molecule has 0 aliphatic carbocycles. The number of amides is 3. The van der Waals surface area contributed by atoms with E-state index in [4.69, 9.17) is 0 Å². The largest absolute Gasteiger partial charge is 0.329 e. The van der Waals surface area contributed by atoms with Crippen LogP contribution in [0.15, 0.2) is 29.4 Å². The van der Waals surface area contributed by atoms with E-state index in [-0.39, 0.29) is 5.84 Å². The molecule has 1 saturated heterocycles. The Morgan fingerprint density at radius 1 is 1.40 bits per heavy atom. The molecule has 6 nitrogen and oxygen atoms in total. The summed E-state index contributed by atoms with van der Waals surface area (Å²) < 4.78 is 0. The highest BCUT2D eigenvalue weighted by atomic mass is 16.2. The molecule has 15 heavy (non-hydrogen) atoms. The van der Waals surface area contributed by atoms with E-state index in [2.05, 4.69) is 15.3 Å². The predicted molar refractivity (Wildman–Crippen MR) is 52.6 cm³/mol. The van der Waals surface area contributed by atoms with Gasteiger partial charge in [-0.25, -0.2) is 14.8 Å². The first kappa shape index (κ1) is 9.32. The van der Waals surface area contributed by atoms with E-state index in [1.54, 1.807) is 24.4 Å². The summed E-state index contributed by atoms with van der Waals surface area (Å²) in [6.07, 6.45) is 1.56. The molecule has 2 heterocycles. The maximum atomic E-state index is 11.4. The van der Waals surface area contributed by atoms with Crippen LogP contribution in [0.25, 0.3) is 0 Å². The number of carbonyl (C=O) groups is 2. The minimum atomic E-state index is -0.477. The SMILES string of the molecule is CN1C(=O)N/C(=N/c2ccccn2)C1=O. The number of pyridine rings is 1. The van der Waals surface area contributed by atoms with Crippen molar-refractivity contribution in [3.05, 3.63) is 24.4 Å². The van der Waals surface area contributed by atoms with Crippen LogP contribution in [0.5, 0.6) is 0 Å². The fourth-order valence-corrected chi connectivity index (χ4v) is 1.10. The van der Waals surface area contributed by atoms with Crippen LogP contribution in [-0.2, 0) is 4.79 Å². The van der Waals surface area contributed by atoms with Gasteiger partial charge in [0, 0.05) is 13.2 Å². The molecule has 1 N–H and O–H groups in total. The molecular formula is C9H8N4O2. The van der Waals surface area contributed by atoms with Gasteiger partial charge >= 0.3 is 6.03 Å². The first-order chi connectivity index (χ1) is 7.18. The molecule has 0 bridgehead atoms. The van der Waals surface area contributed by atoms with Crippen LogP contribution in [0.4, 0.5) is 10.6 Å². The third-order valence-electron chi connectivity index (χ3n) is 1.91. The molecule has 0 radical (unpaired) electrons. The van der Waals surface area contributed by atoms with Crippen molar-refractivity contribution >= 4 is 23.6 Å². The van der Waals surface area contributed by atoms with Gasteiger partial charge in [-0.05, 0) is 12.1 Å². The van der Waals surface area contributed by atoms with Gasteiger partial charge in [0.25, 0.3) is 5.91 Å². The molecule has 3 amide bonds. The van der Waals surface area contributed by atoms with Crippen molar-refractivity contribution in [2.75, 3.05) is 7.05 Å². The predicted octanol–water partition coefficient (Wildman–Crippen LogP) is 0.293. The van der Waals surface area contributed by atoms with Crippen LogP contribution in [0.1, 0.15) is 0 Å². The average molecular weight is 204 g/mol. The monoisotopic (exact) mass is 204 g/mol. The number of amidine groups is 1. The van der Waals surface area contributed by atoms with Gasteiger partial charge in [0.2, 0.25) is 5.84 Å². The second kappa shape index (κ2) is 3.49. The van der Waals surface area contributed by atoms with Crippen LogP contribution in [0.2, 0.25) is 0 Å². The summed E-state index contributed by atoms with van der Waals surface area (Å²) in [5.41, 5.74) is 0. The van der Waals surface area contributed by atoms with Crippen molar-refractivity contribution in [1.82, 2.24) is 15.2 Å². The fraction of sp³-hybridized carbons (Fsp3) is 0.111. The quantitative estimate of drug-likeness (QED) is 0.668. The second-order valence-corrected chi connectivity index (χ2v) is 2.94. The summed E-state index contributed by atoms with van der Waals surface area (Å²) in [7, 11) is 1.39. The summed E-state index contributed by atoms with van der Waals surface area (Å²) in [5.74, 6) is -0.0664. The number of hydrogen-bond donors (Lipinski definition) is 1. The molecule has 1 aromatic heterocycles. The summed E-state index contributed by atoms with van der Waals surface area (Å²) in [6.45, 7) is 0. The number of imide groups is 1. The summed E-state index contributed by atoms with van der Waals surface area (Å²) in [5, 5.41) is 2.35. The number of nitrogens with zero attached hydrogens (tertiary/aromatic N) is 3. The Kier molecular flexibility index (Phi) is 2.17. The molecule has 0 aromatic carbocycles. The zero-order valence-electron chi connectivity index (χ0n) is 7.97. The van der Waals surface area contributed by atoms with Gasteiger partial charge in [0.1, 0.15) is 0 Å². The lowest BCUT2D eigenvalue weighted by atomic mass is 10.4. The number of carbonyl (C=O) groups excluding carboxylic acids is 2. The minimum Gasteiger partial charge on any atom is -0.287 e. The minimum absolute atomic E-state index is 0.00111. The molecule has 0 unspecified atom stereocenters. The number of rotatable bonds is 1. The fourth-order valence-electron chi connectivity index (χ4n) is 1.10. The number of likely N-dealkylation sites (N-methyl/N-ethyl adjacent to an activating group) is 1. The molecule has 1 fully saturated rings. The van der Waals surface area contributed by atoms with E-state index in [9.17, 15) is 9.59 Å². The Bertz CT molecular complexity index is 441. The maximum Gasteiger partial charge on any atom is 0.329 e. The molecule has 0 atom stereocenters. The van der Waals surface area contributed by atoms with Crippen molar-refractivity contribution in [2.45, 2.75) is 0 Å². The van der Waals surface area contributed by atoms with Gasteiger partial charge < -0.3 is 0 Å². The topological polar surface area (TPSA) is 74.7 Å². The molecule has 6 heteroatoms. The Hall–Kier alpha value is -2.24. The Balaban J connectivity index is 2.30. The lowest BCUT2D eigenvalue weighted by Crippen LogP contribution is -2.25. The van der Waals surface area contributed by atoms with E-state index in [0.29, 0.717) is 5.82 Å². The molecular weight excluding hydrogens is 196 g/mol. The highest BCUT2D eigenvalue weighted by Gasteiger charge is 2.31. The smallest absolute Gasteiger partial charge is 0.287 e. The van der Waals surface area contributed by atoms with Gasteiger partial charge in [0.05, 0.1) is 0 Å². The first-order valence-corrected chi connectivity index (χ1v) is 4.27. The van der Waals surface area contributed by atoms with Crippen LogP contribution in [0.3, 0.4) is 0 Å². The number of hydrogen-bond acceptors (Lipinski definition) is 4. The Morgan fingerprint density at radius 2 is 2.20 bits per heavy atom. The summed E-state index contributed by atoms with van der Waals surface area (Å²) >= 11 is 0. The van der Waals surface area contributed by atoms with Gasteiger partial charge in [-0.3, -0.25) is 15.0 Å². The van der Waals surface area contributed by atoms with Gasteiger partial charge in [0.15, 0.2) is 5.82 Å². The van der Waals surface area contributed by atoms with Crippen molar-refractivity contribution in [3.8, 4) is 0 Å². The van der Waals surface area contributed by atoms with Crippen LogP contribution >= 0.6 is 0 Å². The van der Waals surface area contributed by atoms with E-state index < -0.39 is 11.9 Å². The third-order valence-corrected chi connectivity index (χ3v) is 1.91. The molecule has 76 valence electrons. The first-order valence-electron chi connectivity index (χ1n) is 4.27. The summed E-state index contributed by atoms with van der Waals surface area (Å²) in [4.78, 5) is 31.3. The third kappa shape index (κ3) is 1.69. The van der Waals surface area contributed by atoms with Crippen molar-refractivity contribution in [1.29, 1.82) is 0 Å². The molecule has 1 aliphatic rings. The lowest BCUT2D eigenvalue weighted by Gasteiger charge is -1.98. The second-order valence-electron chi connectivity index (χ2n) is 2.94. The average Bonchev–Trinajstić information content (AvgIpc) is 2.48. The van der Waals surface area contributed by atoms with E-state index in [1.807, 2.05) is 0 Å². The van der Waals surface area contributed by atoms with Crippen molar-refractivity contribution in [3.63, 3.8) is 0 Å². The van der Waals surface area contributed by atoms with Crippen molar-refractivity contribution in [2.24, 2.45) is 4.99 Å². The van der Waals surface area contributed by atoms with E-state index >= 15 is 0 Å². The van der Waals surface area contributed by atoms with E-state index in [1.165, 1.54) is 7.05 Å². The Morgan fingerprint density at radius 3 is 2.73 bits per heavy atom. The Labute approximate surface area is 85.6 Å². The summed E-state index contributed by atoms with van der Waals surface area (Å²) in [6, 6.07) is 4.65. The number of aromatic nitrogens is 1. The normalized spacial score (nSPS) is 18.5. The van der Waals surface area contributed by atoms with Gasteiger partial charge in [-0.15, -0.1) is 0 Å². The zero-order valence-corrected chi connectivity index (χ0v) is 7.97. The number of aliphatic imine (C=N–C) groups is 1. The molecule has 0 spiro atoms. The maximum absolute atomic E-state index is 11.4.